The lowest BCUT2D eigenvalue weighted by Gasteiger charge is -2.16. The van der Waals surface area contributed by atoms with Gasteiger partial charge in [-0.05, 0) is 54.6 Å². The van der Waals surface area contributed by atoms with Gasteiger partial charge in [-0.3, -0.25) is 0 Å². The van der Waals surface area contributed by atoms with Crippen LogP contribution in [0.2, 0.25) is 10.0 Å². The van der Waals surface area contributed by atoms with Crippen molar-refractivity contribution in [2.24, 2.45) is 11.7 Å². The highest BCUT2D eigenvalue weighted by Gasteiger charge is 2.13. The predicted molar refractivity (Wildman–Crippen MR) is 90.6 cm³/mol. The number of rotatable bonds is 5. The SMILES string of the molecule is NCC(Cc1ccccc1Cl)Cc1ccc(Br)cc1Cl. The summed E-state index contributed by atoms with van der Waals surface area (Å²) < 4.78 is 0.988. The summed E-state index contributed by atoms with van der Waals surface area (Å²) in [6.45, 7) is 0.609. The number of nitrogens with two attached hydrogens (primary N) is 1. The van der Waals surface area contributed by atoms with Gasteiger partial charge in [0, 0.05) is 14.5 Å². The summed E-state index contributed by atoms with van der Waals surface area (Å²) in [7, 11) is 0. The molecule has 0 saturated heterocycles. The zero-order valence-electron chi connectivity index (χ0n) is 11.0. The second-order valence-electron chi connectivity index (χ2n) is 4.84. The average molecular weight is 373 g/mol. The van der Waals surface area contributed by atoms with Crippen LogP contribution in [0.3, 0.4) is 0 Å². The van der Waals surface area contributed by atoms with Gasteiger partial charge in [0.05, 0.1) is 0 Å². The molecule has 1 atom stereocenters. The van der Waals surface area contributed by atoms with Crippen LogP contribution < -0.4 is 5.73 Å². The monoisotopic (exact) mass is 371 g/mol. The molecule has 2 aromatic carbocycles. The largest absolute Gasteiger partial charge is 0.330 e. The van der Waals surface area contributed by atoms with E-state index in [9.17, 15) is 0 Å². The molecule has 1 nitrogen and oxygen atoms in total. The molecule has 0 bridgehead atoms. The fourth-order valence-corrected chi connectivity index (χ4v) is 3.18. The van der Waals surface area contributed by atoms with Gasteiger partial charge in [0.15, 0.2) is 0 Å². The highest BCUT2D eigenvalue weighted by atomic mass is 79.9. The molecule has 0 saturated carbocycles. The Balaban J connectivity index is 2.11. The Morgan fingerprint density at radius 3 is 2.20 bits per heavy atom. The van der Waals surface area contributed by atoms with Crippen LogP contribution in [0.5, 0.6) is 0 Å². The summed E-state index contributed by atoms with van der Waals surface area (Å²) in [5.74, 6) is 0.327. The first kappa shape index (κ1) is 15.8. The van der Waals surface area contributed by atoms with Gasteiger partial charge in [0.25, 0.3) is 0 Å². The van der Waals surface area contributed by atoms with Gasteiger partial charge >= 0.3 is 0 Å². The second-order valence-corrected chi connectivity index (χ2v) is 6.57. The molecule has 4 heteroatoms. The van der Waals surface area contributed by atoms with Crippen molar-refractivity contribution < 1.29 is 0 Å². The van der Waals surface area contributed by atoms with E-state index in [0.29, 0.717) is 12.5 Å². The Labute approximate surface area is 138 Å². The van der Waals surface area contributed by atoms with E-state index in [1.807, 2.05) is 42.5 Å². The smallest absolute Gasteiger partial charge is 0.0449 e. The Hall–Kier alpha value is -0.540. The lowest BCUT2D eigenvalue weighted by atomic mass is 9.92. The van der Waals surface area contributed by atoms with Gasteiger partial charge in [0.2, 0.25) is 0 Å². The van der Waals surface area contributed by atoms with Crippen molar-refractivity contribution in [3.8, 4) is 0 Å². The molecule has 0 aromatic heterocycles. The van der Waals surface area contributed by atoms with Crippen LogP contribution in [0, 0.1) is 5.92 Å². The zero-order chi connectivity index (χ0) is 14.5. The standard InChI is InChI=1S/C16H16BrCl2N/c17-14-6-5-13(16(19)9-14)8-11(10-20)7-12-3-1-2-4-15(12)18/h1-6,9,11H,7-8,10,20H2. The fourth-order valence-electron chi connectivity index (χ4n) is 2.21. The molecule has 0 heterocycles. The normalized spacial score (nSPS) is 12.4. The first-order chi connectivity index (χ1) is 9.60. The first-order valence-corrected chi connectivity index (χ1v) is 8.02. The molecule has 0 fully saturated rings. The predicted octanol–water partition coefficient (Wildman–Crippen LogP) is 5.12. The highest BCUT2D eigenvalue weighted by molar-refractivity contribution is 9.10. The molecule has 2 N–H and O–H groups in total. The molecule has 2 aromatic rings. The molecule has 0 radical (unpaired) electrons. The Morgan fingerprint density at radius 2 is 1.60 bits per heavy atom. The number of benzene rings is 2. The maximum absolute atomic E-state index is 6.27. The van der Waals surface area contributed by atoms with Crippen LogP contribution in [0.4, 0.5) is 0 Å². The van der Waals surface area contributed by atoms with E-state index in [0.717, 1.165) is 38.5 Å². The lowest BCUT2D eigenvalue weighted by molar-refractivity contribution is 0.533. The molecule has 1 unspecified atom stereocenters. The summed E-state index contributed by atoms with van der Waals surface area (Å²) in [6.07, 6.45) is 1.72. The van der Waals surface area contributed by atoms with Crippen LogP contribution in [0.25, 0.3) is 0 Å². The first-order valence-electron chi connectivity index (χ1n) is 6.47. The quantitative estimate of drug-likeness (QED) is 0.774. The average Bonchev–Trinajstić information content (AvgIpc) is 2.43. The number of hydrogen-bond acceptors (Lipinski definition) is 1. The third-order valence-electron chi connectivity index (χ3n) is 3.32. The Bertz CT molecular complexity index is 586. The van der Waals surface area contributed by atoms with E-state index >= 15 is 0 Å². The van der Waals surface area contributed by atoms with Crippen molar-refractivity contribution in [1.82, 2.24) is 0 Å². The molecule has 106 valence electrons. The van der Waals surface area contributed by atoms with Gasteiger partial charge in [-0.2, -0.15) is 0 Å². The molecule has 0 aliphatic rings. The van der Waals surface area contributed by atoms with E-state index < -0.39 is 0 Å². The third kappa shape index (κ3) is 4.23. The Kier molecular flexibility index (Phi) is 5.91. The van der Waals surface area contributed by atoms with E-state index in [1.165, 1.54) is 0 Å². The van der Waals surface area contributed by atoms with Gasteiger partial charge in [0.1, 0.15) is 0 Å². The van der Waals surface area contributed by atoms with Crippen LogP contribution in [-0.4, -0.2) is 6.54 Å². The van der Waals surface area contributed by atoms with Gasteiger partial charge in [-0.1, -0.05) is 63.4 Å². The molecule has 0 aliphatic heterocycles. The van der Waals surface area contributed by atoms with Crippen LogP contribution in [0.15, 0.2) is 46.9 Å². The van der Waals surface area contributed by atoms with Crippen molar-refractivity contribution in [2.45, 2.75) is 12.8 Å². The van der Waals surface area contributed by atoms with Crippen molar-refractivity contribution in [3.05, 3.63) is 68.1 Å². The summed E-state index contributed by atoms with van der Waals surface area (Å²) in [5.41, 5.74) is 8.16. The minimum absolute atomic E-state index is 0.327. The van der Waals surface area contributed by atoms with Crippen LogP contribution >= 0.6 is 39.1 Å². The lowest BCUT2D eigenvalue weighted by Crippen LogP contribution is -2.19. The highest BCUT2D eigenvalue weighted by Crippen LogP contribution is 2.26. The minimum Gasteiger partial charge on any atom is -0.330 e. The van der Waals surface area contributed by atoms with Crippen molar-refractivity contribution >= 4 is 39.1 Å². The zero-order valence-corrected chi connectivity index (χ0v) is 14.0. The molecule has 20 heavy (non-hydrogen) atoms. The topological polar surface area (TPSA) is 26.0 Å². The van der Waals surface area contributed by atoms with Crippen LogP contribution in [-0.2, 0) is 12.8 Å². The minimum atomic E-state index is 0.327. The molecule has 0 aliphatic carbocycles. The number of halogens is 3. The van der Waals surface area contributed by atoms with E-state index in [4.69, 9.17) is 28.9 Å². The van der Waals surface area contributed by atoms with E-state index in [2.05, 4.69) is 15.9 Å². The molecular weight excluding hydrogens is 357 g/mol. The van der Waals surface area contributed by atoms with Gasteiger partial charge < -0.3 is 5.73 Å². The van der Waals surface area contributed by atoms with Gasteiger partial charge in [-0.15, -0.1) is 0 Å². The molecule has 2 rings (SSSR count). The van der Waals surface area contributed by atoms with E-state index in [-0.39, 0.29) is 0 Å². The Morgan fingerprint density at radius 1 is 0.950 bits per heavy atom. The second kappa shape index (κ2) is 7.46. The van der Waals surface area contributed by atoms with Crippen molar-refractivity contribution in [3.63, 3.8) is 0 Å². The van der Waals surface area contributed by atoms with E-state index in [1.54, 1.807) is 0 Å². The van der Waals surface area contributed by atoms with Gasteiger partial charge in [-0.25, -0.2) is 0 Å². The summed E-state index contributed by atoms with van der Waals surface area (Å²) >= 11 is 15.9. The molecule has 0 spiro atoms. The molecule has 0 amide bonds. The fraction of sp³-hybridized carbons (Fsp3) is 0.250. The summed E-state index contributed by atoms with van der Waals surface area (Å²) in [5, 5.41) is 1.57. The van der Waals surface area contributed by atoms with Crippen molar-refractivity contribution in [2.75, 3.05) is 6.54 Å². The number of hydrogen-bond donors (Lipinski definition) is 1. The van der Waals surface area contributed by atoms with Crippen molar-refractivity contribution in [1.29, 1.82) is 0 Å². The molecular formula is C16H16BrCl2N. The summed E-state index contributed by atoms with van der Waals surface area (Å²) in [6, 6.07) is 13.9. The third-order valence-corrected chi connectivity index (χ3v) is 4.54. The maximum Gasteiger partial charge on any atom is 0.0449 e. The summed E-state index contributed by atoms with van der Waals surface area (Å²) in [4.78, 5) is 0. The van der Waals surface area contributed by atoms with Crippen LogP contribution in [0.1, 0.15) is 11.1 Å². The maximum atomic E-state index is 6.27.